The number of pyridine rings is 1. The molecule has 0 bridgehead atoms. The van der Waals surface area contributed by atoms with Crippen LogP contribution in [0.15, 0.2) is 157 Å². The van der Waals surface area contributed by atoms with Crippen LogP contribution in [0.4, 0.5) is 46.2 Å². The first-order valence-corrected chi connectivity index (χ1v) is 46.4. The smallest absolute Gasteiger partial charge is 0.329 e. The minimum atomic E-state index is -0.421. The number of fused-ring (bicyclic) bond motifs is 4. The van der Waals surface area contributed by atoms with Gasteiger partial charge in [-0.2, -0.15) is 0 Å². The lowest BCUT2D eigenvalue weighted by Gasteiger charge is -2.31. The maximum Gasteiger partial charge on any atom is 0.329 e. The minimum absolute atomic E-state index is 0.0656. The fourth-order valence-corrected chi connectivity index (χ4v) is 18.4. The third-order valence-electron chi connectivity index (χ3n) is 25.8. The molecule has 35 heteroatoms. The Labute approximate surface area is 760 Å². The first kappa shape index (κ1) is 89.0. The van der Waals surface area contributed by atoms with E-state index < -0.39 is 5.69 Å². The number of ether oxygens (including phenoxy) is 10. The second kappa shape index (κ2) is 43.4. The Balaban J connectivity index is 0.000000117. The largest absolute Gasteiger partial charge is 0.488 e. The predicted octanol–water partition coefficient (Wildman–Crippen LogP) is 12.3. The summed E-state index contributed by atoms with van der Waals surface area (Å²) in [6.07, 6.45) is 40.0. The maximum absolute atomic E-state index is 11.9. The molecule has 4 aliphatic carbocycles. The first-order valence-electron chi connectivity index (χ1n) is 46.4. The van der Waals surface area contributed by atoms with Gasteiger partial charge in [0.05, 0.1) is 125 Å². The van der Waals surface area contributed by atoms with Crippen LogP contribution >= 0.6 is 0 Å². The fraction of sp³-hybridized carbons (Fsp3) is 0.490. The highest BCUT2D eigenvalue weighted by molar-refractivity contribution is 5.88. The number of aromatic amines is 1. The second-order valence-electron chi connectivity index (χ2n) is 34.8. The number of anilines is 8. The number of hydrogen-bond donors (Lipinski definition) is 5. The van der Waals surface area contributed by atoms with Crippen molar-refractivity contribution in [2.24, 2.45) is 7.05 Å². The summed E-state index contributed by atoms with van der Waals surface area (Å²) < 4.78 is 59.6. The summed E-state index contributed by atoms with van der Waals surface area (Å²) in [5.74, 6) is 7.07. The molecule has 131 heavy (non-hydrogen) atoms. The van der Waals surface area contributed by atoms with E-state index in [9.17, 15) is 9.59 Å². The number of aromatic nitrogens is 15. The Morgan fingerprint density at radius 1 is 0.359 bits per heavy atom. The van der Waals surface area contributed by atoms with Gasteiger partial charge in [0.1, 0.15) is 62.5 Å². The van der Waals surface area contributed by atoms with Gasteiger partial charge in [-0.05, 0) is 158 Å². The molecule has 21 rings (SSSR count). The normalized spacial score (nSPS) is 22.4. The number of nitrogens with zero attached hydrogens (tertiary/aromatic N) is 18. The number of H-pyrrole nitrogens is 1. The van der Waals surface area contributed by atoms with Crippen molar-refractivity contribution in [1.82, 2.24) is 74.3 Å². The van der Waals surface area contributed by atoms with Gasteiger partial charge in [0, 0.05) is 217 Å². The second-order valence-corrected chi connectivity index (χ2v) is 34.8. The molecule has 0 spiro atoms. The Morgan fingerprint density at radius 3 is 1.07 bits per heavy atom. The lowest BCUT2D eigenvalue weighted by molar-refractivity contribution is 0.122. The van der Waals surface area contributed by atoms with E-state index in [0.29, 0.717) is 54.9 Å². The Bertz CT molecular complexity index is 5800. The summed E-state index contributed by atoms with van der Waals surface area (Å²) in [6.45, 7) is 16.5. The van der Waals surface area contributed by atoms with Crippen molar-refractivity contribution in [3.05, 3.63) is 179 Å². The third kappa shape index (κ3) is 23.4. The van der Waals surface area contributed by atoms with E-state index in [-0.39, 0.29) is 36.0 Å². The van der Waals surface area contributed by atoms with E-state index in [0.717, 1.165) is 320 Å². The van der Waals surface area contributed by atoms with E-state index >= 15 is 0 Å². The molecule has 9 fully saturated rings. The van der Waals surface area contributed by atoms with Crippen LogP contribution in [0, 0.1) is 6.92 Å². The molecule has 0 radical (unpaired) electrons. The number of hydrogen-bond acceptors (Lipinski definition) is 33. The van der Waals surface area contributed by atoms with Crippen molar-refractivity contribution in [2.45, 2.75) is 171 Å². The lowest BCUT2D eigenvalue weighted by atomic mass is 9.93. The molecule has 35 nitrogen and oxygen atoms in total. The van der Waals surface area contributed by atoms with Crippen LogP contribution in [0.25, 0.3) is 44.1 Å². The molecule has 9 aliphatic rings. The molecule has 5 saturated heterocycles. The van der Waals surface area contributed by atoms with Crippen LogP contribution in [0.3, 0.4) is 0 Å². The number of nitrogens with one attached hydrogen (secondary N) is 5. The molecule has 1 atom stereocenters. The van der Waals surface area contributed by atoms with Gasteiger partial charge in [0.2, 0.25) is 11.8 Å². The summed E-state index contributed by atoms with van der Waals surface area (Å²) in [5, 5.41) is 13.8. The Kier molecular flexibility index (Phi) is 29.5. The summed E-state index contributed by atoms with van der Waals surface area (Å²) in [4.78, 5) is 94.2. The molecule has 4 aromatic carbocycles. The quantitative estimate of drug-likeness (QED) is 0.0421. The van der Waals surface area contributed by atoms with E-state index in [1.807, 2.05) is 18.6 Å². The van der Waals surface area contributed by atoms with Gasteiger partial charge in [-0.1, -0.05) is 6.07 Å². The van der Waals surface area contributed by atoms with Crippen LogP contribution in [0.1, 0.15) is 126 Å². The molecule has 1 unspecified atom stereocenters. The van der Waals surface area contributed by atoms with E-state index in [1.165, 1.54) is 24.2 Å². The monoisotopic (exact) mass is 1780 g/mol. The van der Waals surface area contributed by atoms with Crippen molar-refractivity contribution in [3.63, 3.8) is 0 Å². The van der Waals surface area contributed by atoms with Gasteiger partial charge in [-0.3, -0.25) is 34.3 Å². The van der Waals surface area contributed by atoms with Crippen molar-refractivity contribution >= 4 is 90.3 Å². The highest BCUT2D eigenvalue weighted by Gasteiger charge is 2.32. The molecule has 688 valence electrons. The predicted molar refractivity (Wildman–Crippen MR) is 502 cm³/mol. The number of methoxy groups -OCH3 is 1. The zero-order chi connectivity index (χ0) is 89.0. The summed E-state index contributed by atoms with van der Waals surface area (Å²) in [7, 11) is 3.04. The molecule has 5 aliphatic heterocycles. The van der Waals surface area contributed by atoms with Crippen LogP contribution < -0.4 is 75.8 Å². The molecular weight excluding hydrogens is 1670 g/mol. The molecule has 13 heterocycles. The van der Waals surface area contributed by atoms with Crippen molar-refractivity contribution in [3.8, 4) is 28.9 Å². The molecule has 8 aromatic heterocycles. The maximum atomic E-state index is 11.9. The number of rotatable bonds is 22. The molecule has 12 aromatic rings. The van der Waals surface area contributed by atoms with Crippen LogP contribution in [0.5, 0.6) is 28.9 Å². The zero-order valence-corrected chi connectivity index (χ0v) is 74.8. The average Bonchev–Trinajstić information content (AvgIpc) is 0.826. The highest BCUT2D eigenvalue weighted by atomic mass is 16.5. The fourth-order valence-electron chi connectivity index (χ4n) is 18.4. The SMILES string of the molecule is COc1cnc(NC2CCC(Oc3cc(N4CCOCC4)cc4nccnc34)CC2)cn1.Cc1ccc(NC2CCC(Oc3cc(N4CCOCC4)cc4nccnc34)CC2)nc1.Cn1c(=O)cc(NC2CCC(Oc3cc(N4CCOCC4)cc4nccnc34)CC2)[nH]c1=O.c1cnc2c(OC3CCC(Nc4ncc(C5CCOC5)cn4)CC3)cc(N3CCOCC3)cc2n1. The van der Waals surface area contributed by atoms with Crippen LogP contribution in [-0.2, 0) is 30.7 Å². The number of benzene rings is 4. The summed E-state index contributed by atoms with van der Waals surface area (Å²) in [6, 6.07) is 23.7. The van der Waals surface area contributed by atoms with Gasteiger partial charge in [0.25, 0.3) is 5.56 Å². The van der Waals surface area contributed by atoms with Crippen molar-refractivity contribution in [1.29, 1.82) is 0 Å². The lowest BCUT2D eigenvalue weighted by Crippen LogP contribution is -2.36. The van der Waals surface area contributed by atoms with Crippen molar-refractivity contribution in [2.75, 3.05) is 166 Å². The summed E-state index contributed by atoms with van der Waals surface area (Å²) >= 11 is 0. The van der Waals surface area contributed by atoms with E-state index in [4.69, 9.17) is 47.4 Å². The molecule has 5 N–H and O–H groups in total. The molecular formula is C96H117N23O12. The first-order chi connectivity index (χ1) is 64.4. The zero-order valence-electron chi connectivity index (χ0n) is 74.8. The van der Waals surface area contributed by atoms with Gasteiger partial charge < -0.3 is 88.2 Å². The van der Waals surface area contributed by atoms with Gasteiger partial charge in [0.15, 0.2) is 0 Å². The topological polar surface area (TPSA) is 376 Å². The highest BCUT2D eigenvalue weighted by Crippen LogP contribution is 2.40. The standard InChI is InChI=1S/C26H32N6O3.C24H29N5O2.C23H28N6O4.C23H28N6O3/c1-3-22(4-2-20(1)31-26-29-15-19(16-30-26)18-5-10-34-17-18)35-24-14-21(32-8-11-33-12-9-32)13-23-25(24)28-7-6-27-23;1-17-2-7-23(27-16-17)28-18-3-5-20(6-4-18)31-22-15-19(29-10-12-30-13-11-29)14-21-24(22)26-9-8-25-21;1-28-21(30)14-20(27-23(28)31)26-15-2-4-17(5-3-15)33-19-13-16(29-8-10-32-11-9-29)12-18-22(19)25-7-6-24-18;1-30-22-15-26-21(14-27-22)28-16-2-4-18(5-3-16)32-20-13-17(29-8-10-31-11-9-29)12-19-23(20)25-7-6-24-19/h6-7,13-16,18,20,22H,1-5,8-12,17H2,(H,29,30,31);2,7-9,14-16,18,20H,3-6,10-13H2,1H3,(H,27,28);6-7,12-15,17,26H,2-5,8-11H2,1H3,(H,27,31);6-7,12-16,18H,2-5,8-11H2,1H3,(H,26,28). The number of aryl methyl sites for hydroxylation is 1. The van der Waals surface area contributed by atoms with Gasteiger partial charge in [-0.15, -0.1) is 0 Å². The Morgan fingerprint density at radius 2 is 0.725 bits per heavy atom. The van der Waals surface area contributed by atoms with Crippen molar-refractivity contribution < 1.29 is 47.4 Å². The average molecular weight is 1790 g/mol. The van der Waals surface area contributed by atoms with Crippen LogP contribution in [0.2, 0.25) is 0 Å². The Hall–Kier alpha value is -12.6. The van der Waals surface area contributed by atoms with E-state index in [2.05, 4.69) is 178 Å². The minimum Gasteiger partial charge on any atom is -0.488 e. The number of morpholine rings is 4. The van der Waals surface area contributed by atoms with Crippen LogP contribution in [-0.4, -0.2) is 248 Å². The summed E-state index contributed by atoms with van der Waals surface area (Å²) in [5.41, 5.74) is 12.7. The van der Waals surface area contributed by atoms with Gasteiger partial charge in [-0.25, -0.2) is 49.7 Å². The van der Waals surface area contributed by atoms with E-state index in [1.54, 1.807) is 69.1 Å². The van der Waals surface area contributed by atoms with Gasteiger partial charge >= 0.3 is 5.69 Å². The molecule has 4 saturated carbocycles. The molecule has 0 amide bonds. The third-order valence-corrected chi connectivity index (χ3v) is 25.8.